The number of aliphatic hydroxyl groups is 3. The van der Waals surface area contributed by atoms with Gasteiger partial charge in [-0.3, -0.25) is 0 Å². The van der Waals surface area contributed by atoms with Gasteiger partial charge >= 0.3 is 0 Å². The van der Waals surface area contributed by atoms with E-state index in [0.717, 1.165) is 12.8 Å². The molecular formula is C16H19Cl2N3O4. The van der Waals surface area contributed by atoms with E-state index in [9.17, 15) is 15.3 Å². The van der Waals surface area contributed by atoms with Gasteiger partial charge in [-0.1, -0.05) is 23.2 Å². The van der Waals surface area contributed by atoms with Gasteiger partial charge in [0.2, 0.25) is 5.95 Å². The Kier molecular flexibility index (Phi) is 4.56. The van der Waals surface area contributed by atoms with Crippen LogP contribution in [-0.2, 0) is 4.74 Å². The van der Waals surface area contributed by atoms with Crippen LogP contribution in [0.15, 0.2) is 12.1 Å². The van der Waals surface area contributed by atoms with Crippen molar-refractivity contribution in [2.45, 2.75) is 43.2 Å². The molecule has 1 saturated carbocycles. The van der Waals surface area contributed by atoms with Gasteiger partial charge in [-0.15, -0.1) is 0 Å². The quantitative estimate of drug-likeness (QED) is 0.635. The van der Waals surface area contributed by atoms with Crippen molar-refractivity contribution in [3.8, 4) is 0 Å². The minimum Gasteiger partial charge on any atom is -0.394 e. The Morgan fingerprint density at radius 3 is 2.60 bits per heavy atom. The normalized spacial score (nSPS) is 30.0. The second kappa shape index (κ2) is 6.57. The van der Waals surface area contributed by atoms with Crippen LogP contribution in [0.25, 0.3) is 11.0 Å². The fraction of sp³-hybridized carbons (Fsp3) is 0.562. The number of fused-ring (bicyclic) bond motifs is 1. The predicted octanol–water partition coefficient (Wildman–Crippen LogP) is 1.57. The zero-order valence-corrected chi connectivity index (χ0v) is 14.8. The van der Waals surface area contributed by atoms with E-state index in [1.807, 2.05) is 0 Å². The molecule has 0 radical (unpaired) electrons. The number of nitrogens with zero attached hydrogens (tertiary/aromatic N) is 2. The second-order valence-electron chi connectivity index (χ2n) is 6.58. The van der Waals surface area contributed by atoms with Crippen molar-refractivity contribution in [2.75, 3.05) is 18.5 Å². The third-order valence-corrected chi connectivity index (χ3v) is 5.48. The van der Waals surface area contributed by atoms with Crippen molar-refractivity contribution < 1.29 is 20.1 Å². The van der Waals surface area contributed by atoms with Crippen molar-refractivity contribution in [1.29, 1.82) is 0 Å². The molecule has 0 spiro atoms. The van der Waals surface area contributed by atoms with Crippen LogP contribution in [0.2, 0.25) is 10.0 Å². The van der Waals surface area contributed by atoms with Gasteiger partial charge in [-0.2, -0.15) is 0 Å². The average molecular weight is 388 g/mol. The fourth-order valence-corrected chi connectivity index (χ4v) is 3.51. The molecular weight excluding hydrogens is 369 g/mol. The number of hydrogen-bond donors (Lipinski definition) is 4. The van der Waals surface area contributed by atoms with Gasteiger partial charge in [0.15, 0.2) is 0 Å². The largest absolute Gasteiger partial charge is 0.394 e. The highest BCUT2D eigenvalue weighted by Gasteiger charge is 2.41. The molecule has 2 aliphatic rings. The SMILES string of the molecule is OC[C@H]1OCC(n2c(NC3CC3)nc3cc(Cl)c(Cl)cc32)C(O)C1O. The Hall–Kier alpha value is -1.09. The van der Waals surface area contributed by atoms with Gasteiger partial charge in [0.25, 0.3) is 0 Å². The summed E-state index contributed by atoms with van der Waals surface area (Å²) in [6.07, 6.45) is -0.998. The summed E-state index contributed by atoms with van der Waals surface area (Å²) >= 11 is 12.3. The lowest BCUT2D eigenvalue weighted by atomic mass is 9.98. The summed E-state index contributed by atoms with van der Waals surface area (Å²) in [4.78, 5) is 4.58. The van der Waals surface area contributed by atoms with Crippen molar-refractivity contribution in [2.24, 2.45) is 0 Å². The van der Waals surface area contributed by atoms with E-state index >= 15 is 0 Å². The molecule has 4 rings (SSSR count). The number of rotatable bonds is 4. The molecule has 1 aromatic carbocycles. The van der Waals surface area contributed by atoms with E-state index in [0.29, 0.717) is 33.1 Å². The van der Waals surface area contributed by atoms with E-state index in [-0.39, 0.29) is 13.2 Å². The van der Waals surface area contributed by atoms with E-state index in [1.54, 1.807) is 16.7 Å². The Balaban J connectivity index is 1.79. The van der Waals surface area contributed by atoms with Crippen LogP contribution in [0.3, 0.4) is 0 Å². The predicted molar refractivity (Wildman–Crippen MR) is 94.3 cm³/mol. The van der Waals surface area contributed by atoms with Crippen LogP contribution in [0.5, 0.6) is 0 Å². The van der Waals surface area contributed by atoms with E-state index in [1.165, 1.54) is 0 Å². The Bertz CT molecular complexity index is 795. The summed E-state index contributed by atoms with van der Waals surface area (Å²) < 4.78 is 7.33. The highest BCUT2D eigenvalue weighted by atomic mass is 35.5. The third-order valence-electron chi connectivity index (χ3n) is 4.76. The number of aliphatic hydroxyl groups excluding tert-OH is 3. The maximum atomic E-state index is 10.6. The van der Waals surface area contributed by atoms with Gasteiger partial charge < -0.3 is 29.9 Å². The van der Waals surface area contributed by atoms with Crippen molar-refractivity contribution in [1.82, 2.24) is 9.55 Å². The molecule has 0 amide bonds. The van der Waals surface area contributed by atoms with Crippen LogP contribution < -0.4 is 5.32 Å². The molecule has 1 aliphatic heterocycles. The van der Waals surface area contributed by atoms with Crippen LogP contribution in [0, 0.1) is 0 Å². The minimum atomic E-state index is -1.20. The zero-order chi connectivity index (χ0) is 17.7. The number of aromatic nitrogens is 2. The summed E-state index contributed by atoms with van der Waals surface area (Å²) in [6.45, 7) is -0.223. The first kappa shape index (κ1) is 17.3. The first-order chi connectivity index (χ1) is 12.0. The zero-order valence-electron chi connectivity index (χ0n) is 13.3. The van der Waals surface area contributed by atoms with Gasteiger partial charge in [-0.05, 0) is 25.0 Å². The average Bonchev–Trinajstić information content (AvgIpc) is 3.33. The van der Waals surface area contributed by atoms with E-state index in [4.69, 9.17) is 27.9 Å². The molecule has 0 bridgehead atoms. The number of nitrogens with one attached hydrogen (secondary N) is 1. The van der Waals surface area contributed by atoms with E-state index in [2.05, 4.69) is 10.3 Å². The molecule has 136 valence electrons. The Morgan fingerprint density at radius 1 is 1.20 bits per heavy atom. The maximum absolute atomic E-state index is 10.6. The van der Waals surface area contributed by atoms with Crippen LogP contribution in [-0.4, -0.2) is 62.4 Å². The number of ether oxygens (including phenoxy) is 1. The van der Waals surface area contributed by atoms with E-state index < -0.39 is 24.4 Å². The second-order valence-corrected chi connectivity index (χ2v) is 7.40. The monoisotopic (exact) mass is 387 g/mol. The lowest BCUT2D eigenvalue weighted by Crippen LogP contribution is -2.52. The minimum absolute atomic E-state index is 0.133. The molecule has 1 aromatic heterocycles. The highest BCUT2D eigenvalue weighted by Crippen LogP contribution is 2.36. The highest BCUT2D eigenvalue weighted by molar-refractivity contribution is 6.42. The standard InChI is InChI=1S/C16H19Cl2N3O4/c17-8-3-10-11(4-9(8)18)21(16(20-10)19-7-1-2-7)12-6-25-13(5-22)15(24)14(12)23/h3-4,7,12-15,22-24H,1-2,5-6H2,(H,19,20)/t12?,13-,14?,15?/m1/s1. The number of halogens is 2. The number of benzene rings is 1. The summed E-state index contributed by atoms with van der Waals surface area (Å²) in [5.74, 6) is 0.582. The summed E-state index contributed by atoms with van der Waals surface area (Å²) in [7, 11) is 0. The van der Waals surface area contributed by atoms with Crippen LogP contribution in [0.1, 0.15) is 18.9 Å². The number of anilines is 1. The first-order valence-electron chi connectivity index (χ1n) is 8.21. The molecule has 1 saturated heterocycles. The molecule has 7 nitrogen and oxygen atoms in total. The summed E-state index contributed by atoms with van der Waals surface area (Å²) in [5, 5.41) is 34.2. The lowest BCUT2D eigenvalue weighted by molar-refractivity contribution is -0.168. The fourth-order valence-electron chi connectivity index (χ4n) is 3.19. The topological polar surface area (TPSA) is 99.8 Å². The van der Waals surface area contributed by atoms with Crippen LogP contribution >= 0.6 is 23.2 Å². The van der Waals surface area contributed by atoms with Gasteiger partial charge in [0.1, 0.15) is 18.3 Å². The molecule has 2 fully saturated rings. The van der Waals surface area contributed by atoms with Crippen molar-refractivity contribution in [3.63, 3.8) is 0 Å². The first-order valence-corrected chi connectivity index (χ1v) is 8.97. The van der Waals surface area contributed by atoms with Crippen molar-refractivity contribution >= 4 is 40.2 Å². The third kappa shape index (κ3) is 3.09. The summed E-state index contributed by atoms with van der Waals surface area (Å²) in [5.41, 5.74) is 1.34. The molecule has 9 heteroatoms. The summed E-state index contributed by atoms with van der Waals surface area (Å²) in [6, 6.07) is 3.15. The van der Waals surface area contributed by atoms with Gasteiger partial charge in [-0.25, -0.2) is 4.98 Å². The smallest absolute Gasteiger partial charge is 0.204 e. The Morgan fingerprint density at radius 2 is 1.92 bits per heavy atom. The molecule has 1 aliphatic carbocycles. The van der Waals surface area contributed by atoms with Crippen LogP contribution in [0.4, 0.5) is 5.95 Å². The maximum Gasteiger partial charge on any atom is 0.204 e. The molecule has 4 atom stereocenters. The van der Waals surface area contributed by atoms with Gasteiger partial charge in [0, 0.05) is 6.04 Å². The molecule has 2 heterocycles. The Labute approximate surface area is 154 Å². The molecule has 2 aromatic rings. The number of imidazole rings is 1. The number of hydrogen-bond acceptors (Lipinski definition) is 6. The molecule has 4 N–H and O–H groups in total. The molecule has 25 heavy (non-hydrogen) atoms. The molecule has 3 unspecified atom stereocenters. The lowest BCUT2D eigenvalue weighted by Gasteiger charge is -2.38. The van der Waals surface area contributed by atoms with Crippen molar-refractivity contribution in [3.05, 3.63) is 22.2 Å². The van der Waals surface area contributed by atoms with Gasteiger partial charge in [0.05, 0.1) is 40.3 Å².